The van der Waals surface area contributed by atoms with Crippen molar-refractivity contribution in [3.8, 4) is 11.4 Å². The first-order chi connectivity index (χ1) is 8.19. The van der Waals surface area contributed by atoms with Crippen molar-refractivity contribution in [2.24, 2.45) is 7.05 Å². The molecular weight excluding hydrogens is 214 g/mol. The van der Waals surface area contributed by atoms with E-state index in [1.54, 1.807) is 10.9 Å². The van der Waals surface area contributed by atoms with Crippen molar-refractivity contribution in [2.75, 3.05) is 6.54 Å². The Morgan fingerprint density at radius 3 is 2.82 bits per heavy atom. The van der Waals surface area contributed by atoms with Gasteiger partial charge in [0.25, 0.3) is 0 Å². The predicted octanol–water partition coefficient (Wildman–Crippen LogP) is 1.30. The number of nitrogens with one attached hydrogen (secondary N) is 1. The molecule has 5 nitrogen and oxygen atoms in total. The molecule has 2 aromatic heterocycles. The number of aromatic nitrogens is 4. The van der Waals surface area contributed by atoms with Crippen molar-refractivity contribution in [3.63, 3.8) is 0 Å². The fourth-order valence-electron chi connectivity index (χ4n) is 1.64. The van der Waals surface area contributed by atoms with Crippen LogP contribution in [-0.2, 0) is 13.6 Å². The molecule has 0 radical (unpaired) electrons. The first-order valence-corrected chi connectivity index (χ1v) is 5.73. The number of rotatable bonds is 4. The van der Waals surface area contributed by atoms with E-state index in [4.69, 9.17) is 0 Å². The molecule has 0 bridgehead atoms. The smallest absolute Gasteiger partial charge is 0.162 e. The van der Waals surface area contributed by atoms with Crippen LogP contribution < -0.4 is 5.32 Å². The Morgan fingerprint density at radius 1 is 1.35 bits per heavy atom. The number of aryl methyl sites for hydroxylation is 2. The van der Waals surface area contributed by atoms with E-state index in [1.807, 2.05) is 26.2 Å². The first-order valence-electron chi connectivity index (χ1n) is 5.73. The number of hydrogen-bond acceptors (Lipinski definition) is 4. The van der Waals surface area contributed by atoms with Crippen LogP contribution in [0, 0.1) is 6.92 Å². The maximum absolute atomic E-state index is 4.53. The Morgan fingerprint density at radius 2 is 2.18 bits per heavy atom. The molecule has 0 aromatic carbocycles. The van der Waals surface area contributed by atoms with E-state index in [2.05, 4.69) is 27.3 Å². The van der Waals surface area contributed by atoms with E-state index in [-0.39, 0.29) is 0 Å². The second-order valence-electron chi connectivity index (χ2n) is 4.01. The van der Waals surface area contributed by atoms with Crippen LogP contribution in [-0.4, -0.2) is 26.3 Å². The minimum Gasteiger partial charge on any atom is -0.311 e. The van der Waals surface area contributed by atoms with E-state index in [0.717, 1.165) is 35.9 Å². The Labute approximate surface area is 101 Å². The maximum Gasteiger partial charge on any atom is 0.162 e. The van der Waals surface area contributed by atoms with Gasteiger partial charge < -0.3 is 5.32 Å². The van der Waals surface area contributed by atoms with Crippen LogP contribution in [0.15, 0.2) is 18.5 Å². The summed E-state index contributed by atoms with van der Waals surface area (Å²) in [6.07, 6.45) is 3.71. The molecule has 0 aliphatic rings. The average molecular weight is 231 g/mol. The molecule has 90 valence electrons. The molecule has 0 spiro atoms. The van der Waals surface area contributed by atoms with E-state index >= 15 is 0 Å². The zero-order valence-corrected chi connectivity index (χ0v) is 10.4. The van der Waals surface area contributed by atoms with Crippen molar-refractivity contribution in [1.29, 1.82) is 0 Å². The third kappa shape index (κ3) is 2.88. The van der Waals surface area contributed by atoms with Crippen LogP contribution in [0.2, 0.25) is 0 Å². The standard InChI is InChI=1S/C12H17N5/c1-4-13-7-11-5-9(2)15-12(16-11)10-6-14-17(3)8-10/h5-6,8,13H,4,7H2,1-3H3. The highest BCUT2D eigenvalue weighted by Gasteiger charge is 2.06. The van der Waals surface area contributed by atoms with Gasteiger partial charge in [-0.15, -0.1) is 0 Å². The van der Waals surface area contributed by atoms with Crippen LogP contribution in [0.3, 0.4) is 0 Å². The maximum atomic E-state index is 4.53. The Hall–Kier alpha value is -1.75. The Kier molecular flexibility index (Phi) is 3.49. The summed E-state index contributed by atoms with van der Waals surface area (Å²) in [5.74, 6) is 0.742. The van der Waals surface area contributed by atoms with Gasteiger partial charge >= 0.3 is 0 Å². The van der Waals surface area contributed by atoms with E-state index in [0.29, 0.717) is 0 Å². The summed E-state index contributed by atoms with van der Waals surface area (Å²) in [5.41, 5.74) is 2.94. The molecule has 2 aromatic rings. The highest BCUT2D eigenvalue weighted by atomic mass is 15.2. The molecule has 0 unspecified atom stereocenters. The van der Waals surface area contributed by atoms with Gasteiger partial charge in [-0.2, -0.15) is 5.10 Å². The van der Waals surface area contributed by atoms with Crippen LogP contribution in [0.1, 0.15) is 18.3 Å². The second kappa shape index (κ2) is 5.05. The number of nitrogens with zero attached hydrogens (tertiary/aromatic N) is 4. The van der Waals surface area contributed by atoms with Gasteiger partial charge in [0.15, 0.2) is 5.82 Å². The van der Waals surface area contributed by atoms with Gasteiger partial charge in [-0.05, 0) is 19.5 Å². The molecule has 0 amide bonds. The summed E-state index contributed by atoms with van der Waals surface area (Å²) < 4.78 is 1.75. The zero-order chi connectivity index (χ0) is 12.3. The summed E-state index contributed by atoms with van der Waals surface area (Å²) >= 11 is 0. The van der Waals surface area contributed by atoms with Crippen LogP contribution >= 0.6 is 0 Å². The molecule has 0 fully saturated rings. The summed E-state index contributed by atoms with van der Waals surface area (Å²) in [6, 6.07) is 2.00. The van der Waals surface area contributed by atoms with Gasteiger partial charge in [0.1, 0.15) is 0 Å². The minimum absolute atomic E-state index is 0.742. The zero-order valence-electron chi connectivity index (χ0n) is 10.4. The van der Waals surface area contributed by atoms with Crippen molar-refractivity contribution >= 4 is 0 Å². The molecule has 0 atom stereocenters. The lowest BCUT2D eigenvalue weighted by atomic mass is 10.2. The van der Waals surface area contributed by atoms with E-state index in [9.17, 15) is 0 Å². The minimum atomic E-state index is 0.742. The lowest BCUT2D eigenvalue weighted by molar-refractivity contribution is 0.708. The van der Waals surface area contributed by atoms with Crippen molar-refractivity contribution in [3.05, 3.63) is 29.8 Å². The average Bonchev–Trinajstić information content (AvgIpc) is 2.72. The van der Waals surface area contributed by atoms with Gasteiger partial charge in [-0.3, -0.25) is 4.68 Å². The molecule has 5 heteroatoms. The monoisotopic (exact) mass is 231 g/mol. The van der Waals surface area contributed by atoms with Gasteiger partial charge in [0.05, 0.1) is 17.5 Å². The summed E-state index contributed by atoms with van der Waals surface area (Å²) in [5, 5.41) is 7.40. The summed E-state index contributed by atoms with van der Waals surface area (Å²) in [6.45, 7) is 5.77. The van der Waals surface area contributed by atoms with Gasteiger partial charge in [0, 0.05) is 25.5 Å². The van der Waals surface area contributed by atoms with Gasteiger partial charge in [0.2, 0.25) is 0 Å². The van der Waals surface area contributed by atoms with Crippen molar-refractivity contribution < 1.29 is 0 Å². The topological polar surface area (TPSA) is 55.6 Å². The van der Waals surface area contributed by atoms with Gasteiger partial charge in [-0.25, -0.2) is 9.97 Å². The lowest BCUT2D eigenvalue weighted by Gasteiger charge is -2.05. The lowest BCUT2D eigenvalue weighted by Crippen LogP contribution is -2.13. The van der Waals surface area contributed by atoms with Crippen molar-refractivity contribution in [1.82, 2.24) is 25.1 Å². The highest BCUT2D eigenvalue weighted by molar-refractivity contribution is 5.52. The Balaban J connectivity index is 2.31. The Bertz CT molecular complexity index is 503. The largest absolute Gasteiger partial charge is 0.311 e. The molecule has 1 N–H and O–H groups in total. The molecule has 2 heterocycles. The fraction of sp³-hybridized carbons (Fsp3) is 0.417. The quantitative estimate of drug-likeness (QED) is 0.861. The first kappa shape index (κ1) is 11.7. The molecule has 17 heavy (non-hydrogen) atoms. The van der Waals surface area contributed by atoms with Crippen LogP contribution in [0.4, 0.5) is 0 Å². The molecular formula is C12H17N5. The van der Waals surface area contributed by atoms with E-state index < -0.39 is 0 Å². The normalized spacial score (nSPS) is 10.8. The third-order valence-electron chi connectivity index (χ3n) is 2.43. The molecule has 2 rings (SSSR count). The number of hydrogen-bond donors (Lipinski definition) is 1. The second-order valence-corrected chi connectivity index (χ2v) is 4.01. The fourth-order valence-corrected chi connectivity index (χ4v) is 1.64. The summed E-state index contributed by atoms with van der Waals surface area (Å²) in [7, 11) is 1.89. The highest BCUT2D eigenvalue weighted by Crippen LogP contribution is 2.14. The SMILES string of the molecule is CCNCc1cc(C)nc(-c2cnn(C)c2)n1. The van der Waals surface area contributed by atoms with Gasteiger partial charge in [-0.1, -0.05) is 6.92 Å². The van der Waals surface area contributed by atoms with Crippen LogP contribution in [0.5, 0.6) is 0 Å². The molecule has 0 aliphatic heterocycles. The molecule has 0 saturated heterocycles. The molecule has 0 saturated carbocycles. The van der Waals surface area contributed by atoms with Crippen LogP contribution in [0.25, 0.3) is 11.4 Å². The van der Waals surface area contributed by atoms with Crippen molar-refractivity contribution in [2.45, 2.75) is 20.4 Å². The van der Waals surface area contributed by atoms with E-state index in [1.165, 1.54) is 0 Å². The predicted molar refractivity (Wildman–Crippen MR) is 66.4 cm³/mol. The summed E-state index contributed by atoms with van der Waals surface area (Å²) in [4.78, 5) is 8.96. The third-order valence-corrected chi connectivity index (χ3v) is 2.43. The molecule has 0 aliphatic carbocycles.